The van der Waals surface area contributed by atoms with Gasteiger partial charge in [0.25, 0.3) is 10.0 Å². The summed E-state index contributed by atoms with van der Waals surface area (Å²) in [6.07, 6.45) is 2.28. The molecule has 146 valence electrons. The smallest absolute Gasteiger partial charge is 0.261 e. The summed E-state index contributed by atoms with van der Waals surface area (Å²) >= 11 is 6.40. The first-order chi connectivity index (χ1) is 12.8. The Hall–Kier alpha value is -1.76. The molecule has 1 aliphatic heterocycles. The number of sulfonamides is 1. The van der Waals surface area contributed by atoms with Crippen LogP contribution in [0, 0.1) is 12.8 Å². The van der Waals surface area contributed by atoms with Crippen LogP contribution >= 0.6 is 11.6 Å². The number of piperidine rings is 1. The Morgan fingerprint density at radius 1 is 1.11 bits per heavy atom. The zero-order chi connectivity index (χ0) is 19.6. The molecule has 1 saturated heterocycles. The summed E-state index contributed by atoms with van der Waals surface area (Å²) in [6, 6.07) is 12.0. The number of benzene rings is 2. The van der Waals surface area contributed by atoms with Crippen molar-refractivity contribution in [2.75, 3.05) is 29.9 Å². The van der Waals surface area contributed by atoms with Gasteiger partial charge < -0.3 is 5.01 Å². The third-order valence-electron chi connectivity index (χ3n) is 5.06. The van der Waals surface area contributed by atoms with Crippen molar-refractivity contribution < 1.29 is 8.42 Å². The molecule has 0 aromatic heterocycles. The Balaban J connectivity index is 1.81. The third-order valence-corrected chi connectivity index (χ3v) is 6.78. The molecule has 1 aliphatic rings. The third kappa shape index (κ3) is 4.75. The van der Waals surface area contributed by atoms with Crippen molar-refractivity contribution in [2.45, 2.75) is 31.6 Å². The van der Waals surface area contributed by atoms with E-state index >= 15 is 0 Å². The van der Waals surface area contributed by atoms with Crippen LogP contribution in [0.1, 0.15) is 25.3 Å². The Morgan fingerprint density at radius 2 is 1.74 bits per heavy atom. The van der Waals surface area contributed by atoms with Crippen molar-refractivity contribution in [3.63, 3.8) is 0 Å². The molecule has 2 aromatic rings. The van der Waals surface area contributed by atoms with Gasteiger partial charge in [0.1, 0.15) is 0 Å². The van der Waals surface area contributed by atoms with Gasteiger partial charge in [0, 0.05) is 20.1 Å². The van der Waals surface area contributed by atoms with E-state index in [9.17, 15) is 8.42 Å². The molecule has 5 nitrogen and oxygen atoms in total. The molecule has 0 bridgehead atoms. The number of hydrogen-bond donors (Lipinski definition) is 1. The largest absolute Gasteiger partial charge is 0.307 e. The molecule has 1 N–H and O–H groups in total. The van der Waals surface area contributed by atoms with Gasteiger partial charge in [0.05, 0.1) is 21.3 Å². The van der Waals surface area contributed by atoms with Gasteiger partial charge in [-0.1, -0.05) is 36.2 Å². The average Bonchev–Trinajstić information content (AvgIpc) is 2.63. The quantitative estimate of drug-likeness (QED) is 0.790. The topological polar surface area (TPSA) is 52.7 Å². The minimum absolute atomic E-state index is 0.239. The molecule has 0 atom stereocenters. The molecule has 0 unspecified atom stereocenters. The molecule has 0 aliphatic carbocycles. The fraction of sp³-hybridized carbons (Fsp3) is 0.400. The van der Waals surface area contributed by atoms with Crippen LogP contribution in [0.4, 0.5) is 11.4 Å². The number of nitrogens with one attached hydrogen (secondary N) is 1. The lowest BCUT2D eigenvalue weighted by molar-refractivity contribution is 0.185. The van der Waals surface area contributed by atoms with E-state index in [0.29, 0.717) is 10.7 Å². The van der Waals surface area contributed by atoms with E-state index in [-0.39, 0.29) is 4.90 Å². The predicted octanol–water partition coefficient (Wildman–Crippen LogP) is 4.53. The highest BCUT2D eigenvalue weighted by Gasteiger charge is 2.21. The molecule has 3 rings (SSSR count). The van der Waals surface area contributed by atoms with Gasteiger partial charge in [0.15, 0.2) is 0 Å². The standard InChI is InChI=1S/C20H26ClN3O2S/c1-15-4-7-18(8-5-15)27(25,26)22-17-6-9-19(21)20(14-17)23(3)24-12-10-16(2)11-13-24/h4-9,14,16,22H,10-13H2,1-3H3. The van der Waals surface area contributed by atoms with Gasteiger partial charge in [-0.2, -0.15) is 0 Å². The van der Waals surface area contributed by atoms with Gasteiger partial charge in [0.2, 0.25) is 0 Å². The summed E-state index contributed by atoms with van der Waals surface area (Å²) in [4.78, 5) is 0.239. The van der Waals surface area contributed by atoms with Crippen LogP contribution in [-0.2, 0) is 10.0 Å². The summed E-state index contributed by atoms with van der Waals surface area (Å²) in [5.41, 5.74) is 2.29. The van der Waals surface area contributed by atoms with E-state index in [4.69, 9.17) is 11.6 Å². The maximum Gasteiger partial charge on any atom is 0.261 e. The first-order valence-corrected chi connectivity index (χ1v) is 11.0. The molecule has 2 aromatic carbocycles. The van der Waals surface area contributed by atoms with Crippen LogP contribution in [0.2, 0.25) is 5.02 Å². The zero-order valence-electron chi connectivity index (χ0n) is 15.9. The van der Waals surface area contributed by atoms with Crippen LogP contribution in [0.15, 0.2) is 47.4 Å². The van der Waals surface area contributed by atoms with Crippen molar-refractivity contribution in [1.29, 1.82) is 0 Å². The lowest BCUT2D eigenvalue weighted by Crippen LogP contribution is -2.44. The molecule has 0 saturated carbocycles. The second kappa shape index (κ2) is 8.09. The molecule has 1 fully saturated rings. The van der Waals surface area contributed by atoms with Crippen molar-refractivity contribution in [3.8, 4) is 0 Å². The summed E-state index contributed by atoms with van der Waals surface area (Å²) < 4.78 is 28.0. The second-order valence-corrected chi connectivity index (χ2v) is 9.33. The number of rotatable bonds is 5. The molecule has 0 amide bonds. The number of nitrogens with zero attached hydrogens (tertiary/aromatic N) is 2. The Labute approximate surface area is 167 Å². The van der Waals surface area contributed by atoms with Gasteiger partial charge in [-0.15, -0.1) is 0 Å². The first-order valence-electron chi connectivity index (χ1n) is 9.14. The number of hydrogen-bond acceptors (Lipinski definition) is 4. The number of aryl methyl sites for hydroxylation is 1. The molecule has 27 heavy (non-hydrogen) atoms. The van der Waals surface area contributed by atoms with E-state index in [0.717, 1.165) is 43.1 Å². The number of hydrazine groups is 1. The number of halogens is 1. The highest BCUT2D eigenvalue weighted by Crippen LogP contribution is 2.31. The predicted molar refractivity (Wildman–Crippen MR) is 112 cm³/mol. The summed E-state index contributed by atoms with van der Waals surface area (Å²) in [5, 5.41) is 4.87. The molecule has 0 spiro atoms. The van der Waals surface area contributed by atoms with Crippen molar-refractivity contribution in [3.05, 3.63) is 53.1 Å². The van der Waals surface area contributed by atoms with E-state index in [1.165, 1.54) is 0 Å². The Bertz CT molecular complexity index is 892. The Morgan fingerprint density at radius 3 is 2.37 bits per heavy atom. The lowest BCUT2D eigenvalue weighted by atomic mass is 10.0. The van der Waals surface area contributed by atoms with Crippen molar-refractivity contribution in [1.82, 2.24) is 5.01 Å². The van der Waals surface area contributed by atoms with Gasteiger partial charge in [-0.3, -0.25) is 4.72 Å². The van der Waals surface area contributed by atoms with E-state index < -0.39 is 10.0 Å². The molecule has 7 heteroatoms. The highest BCUT2D eigenvalue weighted by molar-refractivity contribution is 7.92. The Kier molecular flexibility index (Phi) is 5.99. The van der Waals surface area contributed by atoms with E-state index in [2.05, 4.69) is 16.7 Å². The summed E-state index contributed by atoms with van der Waals surface area (Å²) in [5.74, 6) is 0.734. The highest BCUT2D eigenvalue weighted by atomic mass is 35.5. The van der Waals surface area contributed by atoms with Crippen LogP contribution in [0.5, 0.6) is 0 Å². The van der Waals surface area contributed by atoms with Crippen LogP contribution in [0.3, 0.4) is 0 Å². The first kappa shape index (κ1) is 20.0. The van der Waals surface area contributed by atoms with Crippen LogP contribution in [0.25, 0.3) is 0 Å². The minimum Gasteiger partial charge on any atom is -0.307 e. The summed E-state index contributed by atoms with van der Waals surface area (Å²) in [6.45, 7) is 6.12. The monoisotopic (exact) mass is 407 g/mol. The normalized spacial score (nSPS) is 16.3. The van der Waals surface area contributed by atoms with Crippen molar-refractivity contribution >= 4 is 33.0 Å². The molecular weight excluding hydrogens is 382 g/mol. The van der Waals surface area contributed by atoms with E-state index in [1.807, 2.05) is 19.0 Å². The number of anilines is 2. The van der Waals surface area contributed by atoms with Gasteiger partial charge in [-0.05, 0) is 56.0 Å². The molecule has 0 radical (unpaired) electrons. The van der Waals surface area contributed by atoms with Crippen LogP contribution < -0.4 is 9.73 Å². The average molecular weight is 408 g/mol. The van der Waals surface area contributed by atoms with Gasteiger partial charge in [-0.25, -0.2) is 13.4 Å². The fourth-order valence-electron chi connectivity index (χ4n) is 3.20. The van der Waals surface area contributed by atoms with Crippen molar-refractivity contribution in [2.24, 2.45) is 5.92 Å². The SMILES string of the molecule is Cc1ccc(S(=O)(=O)Nc2ccc(Cl)c(N(C)N3CCC(C)CC3)c2)cc1. The maximum absolute atomic E-state index is 12.6. The summed E-state index contributed by atoms with van der Waals surface area (Å²) in [7, 11) is -1.68. The zero-order valence-corrected chi connectivity index (χ0v) is 17.5. The minimum atomic E-state index is -3.64. The fourth-order valence-corrected chi connectivity index (χ4v) is 4.49. The van der Waals surface area contributed by atoms with E-state index in [1.54, 1.807) is 42.5 Å². The van der Waals surface area contributed by atoms with Crippen LogP contribution in [-0.4, -0.2) is 33.6 Å². The molecule has 1 heterocycles. The lowest BCUT2D eigenvalue weighted by Gasteiger charge is -2.38. The van der Waals surface area contributed by atoms with Gasteiger partial charge >= 0.3 is 0 Å². The second-order valence-electron chi connectivity index (χ2n) is 7.24. The molecular formula is C20H26ClN3O2S. The maximum atomic E-state index is 12.6.